The molecule has 29 heavy (non-hydrogen) atoms. The first-order chi connectivity index (χ1) is 14.1. The van der Waals surface area contributed by atoms with Crippen LogP contribution in [0, 0.1) is 13.8 Å². The molecule has 1 amide bonds. The van der Waals surface area contributed by atoms with E-state index in [1.165, 1.54) is 16.7 Å². The molecule has 0 spiro atoms. The highest BCUT2D eigenvalue weighted by atomic mass is 16.5. The molecule has 0 N–H and O–H groups in total. The van der Waals surface area contributed by atoms with E-state index in [9.17, 15) is 4.79 Å². The Morgan fingerprint density at radius 2 is 1.79 bits per heavy atom. The van der Waals surface area contributed by atoms with Crippen LogP contribution in [0.1, 0.15) is 44.5 Å². The van der Waals surface area contributed by atoms with Gasteiger partial charge in [0.15, 0.2) is 0 Å². The number of carbonyl (C=O) groups excluding carboxylic acids is 1. The van der Waals surface area contributed by atoms with Gasteiger partial charge in [0.25, 0.3) is 5.91 Å². The van der Waals surface area contributed by atoms with Crippen LogP contribution in [0.4, 0.5) is 0 Å². The van der Waals surface area contributed by atoms with Crippen molar-refractivity contribution in [2.75, 3.05) is 19.7 Å². The molecule has 1 aliphatic heterocycles. The van der Waals surface area contributed by atoms with Crippen molar-refractivity contribution in [2.24, 2.45) is 0 Å². The smallest absolute Gasteiger partial charge is 0.254 e. The van der Waals surface area contributed by atoms with Crippen molar-refractivity contribution in [1.29, 1.82) is 0 Å². The predicted octanol–water partition coefficient (Wildman–Crippen LogP) is 4.50. The van der Waals surface area contributed by atoms with Crippen LogP contribution in [-0.2, 0) is 11.2 Å². The van der Waals surface area contributed by atoms with Crippen LogP contribution in [0.15, 0.2) is 66.7 Å². The van der Waals surface area contributed by atoms with E-state index >= 15 is 0 Å². The fraction of sp³-hybridized carbons (Fsp3) is 0.280. The van der Waals surface area contributed by atoms with Crippen molar-refractivity contribution < 1.29 is 9.53 Å². The van der Waals surface area contributed by atoms with Crippen molar-refractivity contribution >= 4 is 5.91 Å². The topological polar surface area (TPSA) is 42.4 Å². The number of amides is 1. The summed E-state index contributed by atoms with van der Waals surface area (Å²) in [5.41, 5.74) is 6.34. The van der Waals surface area contributed by atoms with Gasteiger partial charge in [0.1, 0.15) is 6.10 Å². The van der Waals surface area contributed by atoms with E-state index in [1.54, 1.807) is 0 Å². The van der Waals surface area contributed by atoms with Gasteiger partial charge >= 0.3 is 0 Å². The van der Waals surface area contributed by atoms with Gasteiger partial charge in [-0.05, 0) is 55.7 Å². The third-order valence-corrected chi connectivity index (χ3v) is 5.27. The average Bonchev–Trinajstić information content (AvgIpc) is 2.75. The van der Waals surface area contributed by atoms with Gasteiger partial charge in [-0.2, -0.15) is 0 Å². The van der Waals surface area contributed by atoms with Gasteiger partial charge in [0, 0.05) is 17.8 Å². The Kier molecular flexibility index (Phi) is 5.72. The predicted molar refractivity (Wildman–Crippen MR) is 114 cm³/mol. The van der Waals surface area contributed by atoms with Crippen LogP contribution in [0.2, 0.25) is 0 Å². The lowest BCUT2D eigenvalue weighted by Crippen LogP contribution is -2.42. The van der Waals surface area contributed by atoms with Crippen LogP contribution in [0.25, 0.3) is 0 Å². The second-order valence-electron chi connectivity index (χ2n) is 7.68. The largest absolute Gasteiger partial charge is 0.368 e. The summed E-state index contributed by atoms with van der Waals surface area (Å²) in [6, 6.07) is 22.3. The molecule has 1 fully saturated rings. The Bertz CT molecular complexity index is 983. The molecule has 1 aromatic heterocycles. The van der Waals surface area contributed by atoms with E-state index in [0.29, 0.717) is 25.3 Å². The normalized spacial score (nSPS) is 16.6. The third-order valence-electron chi connectivity index (χ3n) is 5.27. The zero-order valence-corrected chi connectivity index (χ0v) is 17.0. The molecule has 4 nitrogen and oxygen atoms in total. The van der Waals surface area contributed by atoms with Gasteiger partial charge < -0.3 is 9.64 Å². The highest BCUT2D eigenvalue weighted by Crippen LogP contribution is 2.24. The summed E-state index contributed by atoms with van der Waals surface area (Å²) in [4.78, 5) is 19.4. The fourth-order valence-corrected chi connectivity index (χ4v) is 3.75. The fourth-order valence-electron chi connectivity index (χ4n) is 3.75. The lowest BCUT2D eigenvalue weighted by molar-refractivity contribution is -0.0248. The van der Waals surface area contributed by atoms with E-state index in [4.69, 9.17) is 9.72 Å². The van der Waals surface area contributed by atoms with Gasteiger partial charge in [-0.3, -0.25) is 9.78 Å². The van der Waals surface area contributed by atoms with Gasteiger partial charge in [-0.25, -0.2) is 0 Å². The Morgan fingerprint density at radius 3 is 2.55 bits per heavy atom. The minimum absolute atomic E-state index is 0.0476. The van der Waals surface area contributed by atoms with Crippen molar-refractivity contribution in [2.45, 2.75) is 26.4 Å². The average molecular weight is 386 g/mol. The van der Waals surface area contributed by atoms with Crippen LogP contribution in [0.3, 0.4) is 0 Å². The van der Waals surface area contributed by atoms with E-state index in [1.807, 2.05) is 42.2 Å². The van der Waals surface area contributed by atoms with Crippen molar-refractivity contribution in [3.05, 3.63) is 100 Å². The highest BCUT2D eigenvalue weighted by Gasteiger charge is 2.27. The number of morpholine rings is 1. The minimum atomic E-state index is -0.201. The van der Waals surface area contributed by atoms with Crippen molar-refractivity contribution in [3.63, 3.8) is 0 Å². The third kappa shape index (κ3) is 4.72. The summed E-state index contributed by atoms with van der Waals surface area (Å²) in [5, 5.41) is 0. The molecular weight excluding hydrogens is 360 g/mol. The van der Waals surface area contributed by atoms with Crippen molar-refractivity contribution in [1.82, 2.24) is 9.88 Å². The molecule has 0 aliphatic carbocycles. The van der Waals surface area contributed by atoms with Crippen molar-refractivity contribution in [3.8, 4) is 0 Å². The van der Waals surface area contributed by atoms with E-state index < -0.39 is 0 Å². The number of benzene rings is 2. The molecule has 1 atom stereocenters. The zero-order chi connectivity index (χ0) is 20.2. The quantitative estimate of drug-likeness (QED) is 0.663. The molecule has 4 heteroatoms. The van der Waals surface area contributed by atoms with E-state index in [-0.39, 0.29) is 12.0 Å². The molecular formula is C25H26N2O2. The molecule has 1 unspecified atom stereocenters. The Balaban J connectivity index is 1.52. The molecule has 2 heterocycles. The molecule has 4 rings (SSSR count). The Labute approximate surface area is 172 Å². The maximum atomic E-state index is 12.8. The first-order valence-electron chi connectivity index (χ1n) is 10.1. The van der Waals surface area contributed by atoms with E-state index in [0.717, 1.165) is 17.8 Å². The van der Waals surface area contributed by atoms with Gasteiger partial charge in [0.2, 0.25) is 0 Å². The second-order valence-corrected chi connectivity index (χ2v) is 7.68. The SMILES string of the molecule is Cc1ccc(Cc2cc(C)nc(C3CN(C(=O)c4ccccc4)CCO3)c2)cc1. The summed E-state index contributed by atoms with van der Waals surface area (Å²) >= 11 is 0. The molecule has 2 aromatic carbocycles. The standard InChI is InChI=1S/C25H26N2O2/c1-18-8-10-20(11-9-18)15-21-14-19(2)26-23(16-21)24-17-27(12-13-29-24)25(28)22-6-4-3-5-7-22/h3-11,14,16,24H,12-13,15,17H2,1-2H3. The number of carbonyl (C=O) groups is 1. The lowest BCUT2D eigenvalue weighted by atomic mass is 10.0. The maximum absolute atomic E-state index is 12.8. The Hall–Kier alpha value is -2.98. The van der Waals surface area contributed by atoms with Crippen LogP contribution in [-0.4, -0.2) is 35.5 Å². The first kappa shape index (κ1) is 19.3. The Morgan fingerprint density at radius 1 is 1.03 bits per heavy atom. The minimum Gasteiger partial charge on any atom is -0.368 e. The number of aryl methyl sites for hydroxylation is 2. The molecule has 148 valence electrons. The number of rotatable bonds is 4. The van der Waals surface area contributed by atoms with Crippen LogP contribution < -0.4 is 0 Å². The number of pyridine rings is 1. The zero-order valence-electron chi connectivity index (χ0n) is 17.0. The second kappa shape index (κ2) is 8.58. The maximum Gasteiger partial charge on any atom is 0.254 e. The number of hydrogen-bond acceptors (Lipinski definition) is 3. The summed E-state index contributed by atoms with van der Waals surface area (Å²) < 4.78 is 6.00. The van der Waals surface area contributed by atoms with Gasteiger partial charge in [0.05, 0.1) is 18.8 Å². The summed E-state index contributed by atoms with van der Waals surface area (Å²) in [6.45, 7) is 5.76. The number of aromatic nitrogens is 1. The summed E-state index contributed by atoms with van der Waals surface area (Å²) in [5.74, 6) is 0.0476. The van der Waals surface area contributed by atoms with Crippen LogP contribution in [0.5, 0.6) is 0 Å². The van der Waals surface area contributed by atoms with Gasteiger partial charge in [-0.15, -0.1) is 0 Å². The number of nitrogens with zero attached hydrogens (tertiary/aromatic N) is 2. The van der Waals surface area contributed by atoms with E-state index in [2.05, 4.69) is 43.3 Å². The van der Waals surface area contributed by atoms with Crippen LogP contribution >= 0.6 is 0 Å². The molecule has 0 saturated carbocycles. The molecule has 3 aromatic rings. The molecule has 1 aliphatic rings. The molecule has 0 bridgehead atoms. The van der Waals surface area contributed by atoms with Gasteiger partial charge in [-0.1, -0.05) is 48.0 Å². The summed E-state index contributed by atoms with van der Waals surface area (Å²) in [7, 11) is 0. The lowest BCUT2D eigenvalue weighted by Gasteiger charge is -2.33. The number of hydrogen-bond donors (Lipinski definition) is 0. The molecule has 0 radical (unpaired) electrons. The highest BCUT2D eigenvalue weighted by molar-refractivity contribution is 5.94. The monoisotopic (exact) mass is 386 g/mol. The molecule has 1 saturated heterocycles. The first-order valence-corrected chi connectivity index (χ1v) is 10.1. The number of ether oxygens (including phenoxy) is 1. The summed E-state index contributed by atoms with van der Waals surface area (Å²) in [6.07, 6.45) is 0.656.